The van der Waals surface area contributed by atoms with E-state index in [0.717, 1.165) is 13.0 Å². The van der Waals surface area contributed by atoms with Crippen LogP contribution in [0.5, 0.6) is 0 Å². The molecule has 2 rings (SSSR count). The topological polar surface area (TPSA) is 54.3 Å². The van der Waals surface area contributed by atoms with Crippen LogP contribution in [-0.4, -0.2) is 42.7 Å². The van der Waals surface area contributed by atoms with Crippen molar-refractivity contribution >= 4 is 10.0 Å². The van der Waals surface area contributed by atoms with Crippen molar-refractivity contribution in [1.29, 1.82) is 0 Å². The lowest BCUT2D eigenvalue weighted by atomic mass is 9.95. The maximum absolute atomic E-state index is 11.5. The minimum atomic E-state index is -3.05. The van der Waals surface area contributed by atoms with E-state index in [9.17, 15) is 8.42 Å². The molecule has 0 bridgehead atoms. The highest BCUT2D eigenvalue weighted by atomic mass is 32.2. The van der Waals surface area contributed by atoms with Crippen molar-refractivity contribution in [2.45, 2.75) is 25.9 Å². The third kappa shape index (κ3) is 3.58. The van der Waals surface area contributed by atoms with Crippen LogP contribution in [-0.2, 0) is 23.6 Å². The molecule has 0 spiro atoms. The SMILES string of the molecule is C[C@H]1CN(S(C)(=O)=O)CC[C@H]1NCc1cccn1C. The van der Waals surface area contributed by atoms with Gasteiger partial charge in [-0.25, -0.2) is 12.7 Å². The summed E-state index contributed by atoms with van der Waals surface area (Å²) in [6.07, 6.45) is 4.20. The molecule has 6 heteroatoms. The van der Waals surface area contributed by atoms with Crippen LogP contribution in [0, 0.1) is 5.92 Å². The van der Waals surface area contributed by atoms with Gasteiger partial charge in [0.2, 0.25) is 10.0 Å². The lowest BCUT2D eigenvalue weighted by Gasteiger charge is -2.36. The van der Waals surface area contributed by atoms with E-state index in [4.69, 9.17) is 0 Å². The summed E-state index contributed by atoms with van der Waals surface area (Å²) in [6.45, 7) is 4.18. The number of hydrogen-bond acceptors (Lipinski definition) is 3. The van der Waals surface area contributed by atoms with Gasteiger partial charge in [0, 0.05) is 44.6 Å². The van der Waals surface area contributed by atoms with E-state index in [1.54, 1.807) is 4.31 Å². The van der Waals surface area contributed by atoms with Gasteiger partial charge in [0.25, 0.3) is 0 Å². The van der Waals surface area contributed by atoms with E-state index in [-0.39, 0.29) is 0 Å². The molecule has 1 aromatic rings. The Hall–Kier alpha value is -0.850. The average molecular weight is 285 g/mol. The Labute approximate surface area is 115 Å². The number of nitrogens with zero attached hydrogens (tertiary/aromatic N) is 2. The predicted octanol–water partition coefficient (Wildman–Crippen LogP) is 0.785. The van der Waals surface area contributed by atoms with Crippen molar-refractivity contribution < 1.29 is 8.42 Å². The summed E-state index contributed by atoms with van der Waals surface area (Å²) in [7, 11) is -1.01. The molecule has 2 heterocycles. The molecule has 108 valence electrons. The van der Waals surface area contributed by atoms with Gasteiger partial charge in [-0.2, -0.15) is 0 Å². The van der Waals surface area contributed by atoms with Gasteiger partial charge < -0.3 is 9.88 Å². The number of sulfonamides is 1. The first-order valence-electron chi connectivity index (χ1n) is 6.66. The largest absolute Gasteiger partial charge is 0.353 e. The fraction of sp³-hybridized carbons (Fsp3) is 0.692. The summed E-state index contributed by atoms with van der Waals surface area (Å²) in [5.41, 5.74) is 1.25. The second kappa shape index (κ2) is 5.64. The molecule has 1 saturated heterocycles. The maximum Gasteiger partial charge on any atom is 0.211 e. The number of nitrogens with one attached hydrogen (secondary N) is 1. The summed E-state index contributed by atoms with van der Waals surface area (Å²) in [5.74, 6) is 0.337. The van der Waals surface area contributed by atoms with E-state index in [1.165, 1.54) is 11.9 Å². The normalized spacial score (nSPS) is 25.6. The first kappa shape index (κ1) is 14.6. The molecule has 1 N–H and O–H groups in total. The molecule has 1 aliphatic rings. The number of piperidine rings is 1. The van der Waals surface area contributed by atoms with E-state index in [1.807, 2.05) is 19.3 Å². The fourth-order valence-corrected chi connectivity index (χ4v) is 3.57. The molecule has 1 aliphatic heterocycles. The van der Waals surface area contributed by atoms with Gasteiger partial charge in [0.1, 0.15) is 0 Å². The smallest absolute Gasteiger partial charge is 0.211 e. The minimum absolute atomic E-state index is 0.337. The molecule has 5 nitrogen and oxygen atoms in total. The van der Waals surface area contributed by atoms with Gasteiger partial charge in [-0.3, -0.25) is 0 Å². The first-order valence-corrected chi connectivity index (χ1v) is 8.51. The van der Waals surface area contributed by atoms with E-state index >= 15 is 0 Å². The molecule has 0 aromatic carbocycles. The highest BCUT2D eigenvalue weighted by Gasteiger charge is 2.30. The summed E-state index contributed by atoms with van der Waals surface area (Å²) in [6, 6.07) is 4.52. The minimum Gasteiger partial charge on any atom is -0.353 e. The van der Waals surface area contributed by atoms with Crippen LogP contribution < -0.4 is 5.32 Å². The van der Waals surface area contributed by atoms with Crippen molar-refractivity contribution in [3.05, 3.63) is 24.0 Å². The fourth-order valence-electron chi connectivity index (χ4n) is 2.63. The highest BCUT2D eigenvalue weighted by molar-refractivity contribution is 7.88. The summed E-state index contributed by atoms with van der Waals surface area (Å²) >= 11 is 0. The van der Waals surface area contributed by atoms with Crippen LogP contribution in [0.4, 0.5) is 0 Å². The zero-order chi connectivity index (χ0) is 14.0. The highest BCUT2D eigenvalue weighted by Crippen LogP contribution is 2.19. The van der Waals surface area contributed by atoms with E-state index in [0.29, 0.717) is 25.0 Å². The zero-order valence-corrected chi connectivity index (χ0v) is 12.7. The van der Waals surface area contributed by atoms with Gasteiger partial charge in [-0.1, -0.05) is 6.92 Å². The van der Waals surface area contributed by atoms with Gasteiger partial charge >= 0.3 is 0 Å². The van der Waals surface area contributed by atoms with Gasteiger partial charge in [0.05, 0.1) is 6.26 Å². The summed E-state index contributed by atoms with van der Waals surface area (Å²) in [4.78, 5) is 0. The van der Waals surface area contributed by atoms with Crippen molar-refractivity contribution in [2.75, 3.05) is 19.3 Å². The number of hydrogen-bond donors (Lipinski definition) is 1. The number of rotatable bonds is 4. The van der Waals surface area contributed by atoms with Crippen LogP contribution >= 0.6 is 0 Å². The Morgan fingerprint density at radius 3 is 2.74 bits per heavy atom. The third-order valence-corrected chi connectivity index (χ3v) is 5.20. The standard InChI is InChI=1S/C13H23N3O2S/c1-11-10-16(19(3,17)18)8-6-13(11)14-9-12-5-4-7-15(12)2/h4-5,7,11,13-14H,6,8-10H2,1-3H3/t11-,13+/m0/s1. The van der Waals surface area contributed by atoms with Crippen LogP contribution in [0.3, 0.4) is 0 Å². The second-order valence-electron chi connectivity index (χ2n) is 5.48. The Morgan fingerprint density at radius 1 is 1.47 bits per heavy atom. The van der Waals surface area contributed by atoms with Crippen LogP contribution in [0.1, 0.15) is 19.0 Å². The molecular weight excluding hydrogens is 262 g/mol. The Balaban J connectivity index is 1.89. The Morgan fingerprint density at radius 2 is 2.21 bits per heavy atom. The van der Waals surface area contributed by atoms with Gasteiger partial charge in [-0.15, -0.1) is 0 Å². The average Bonchev–Trinajstić information content (AvgIpc) is 2.72. The lowest BCUT2D eigenvalue weighted by molar-refractivity contribution is 0.219. The molecule has 0 unspecified atom stereocenters. The predicted molar refractivity (Wildman–Crippen MR) is 76.2 cm³/mol. The summed E-state index contributed by atoms with van der Waals surface area (Å²) in [5, 5.41) is 3.54. The van der Waals surface area contributed by atoms with Crippen molar-refractivity contribution in [3.8, 4) is 0 Å². The molecule has 1 aromatic heterocycles. The van der Waals surface area contributed by atoms with E-state index in [2.05, 4.69) is 22.9 Å². The maximum atomic E-state index is 11.5. The molecular formula is C13H23N3O2S. The molecule has 0 aliphatic carbocycles. The van der Waals surface area contributed by atoms with Gasteiger partial charge in [-0.05, 0) is 24.5 Å². The molecule has 0 saturated carbocycles. The quantitative estimate of drug-likeness (QED) is 0.889. The van der Waals surface area contributed by atoms with Crippen molar-refractivity contribution in [1.82, 2.24) is 14.2 Å². The Bertz CT molecular complexity index is 524. The van der Waals surface area contributed by atoms with Crippen LogP contribution in [0.2, 0.25) is 0 Å². The second-order valence-corrected chi connectivity index (χ2v) is 7.47. The molecule has 0 radical (unpaired) electrons. The summed E-state index contributed by atoms with van der Waals surface area (Å²) < 4.78 is 26.7. The third-order valence-electron chi connectivity index (χ3n) is 3.93. The van der Waals surface area contributed by atoms with Crippen molar-refractivity contribution in [2.24, 2.45) is 13.0 Å². The lowest BCUT2D eigenvalue weighted by Crippen LogP contribution is -2.49. The molecule has 0 amide bonds. The van der Waals surface area contributed by atoms with E-state index < -0.39 is 10.0 Å². The van der Waals surface area contributed by atoms with Crippen LogP contribution in [0.25, 0.3) is 0 Å². The zero-order valence-electron chi connectivity index (χ0n) is 11.8. The number of aromatic nitrogens is 1. The van der Waals surface area contributed by atoms with Gasteiger partial charge in [0.15, 0.2) is 0 Å². The molecule has 1 fully saturated rings. The molecule has 2 atom stereocenters. The van der Waals surface area contributed by atoms with Crippen LogP contribution in [0.15, 0.2) is 18.3 Å². The number of aryl methyl sites for hydroxylation is 1. The monoisotopic (exact) mass is 285 g/mol. The first-order chi connectivity index (χ1) is 8.88. The molecule has 19 heavy (non-hydrogen) atoms. The Kier molecular flexibility index (Phi) is 4.32. The van der Waals surface area contributed by atoms with Crippen molar-refractivity contribution in [3.63, 3.8) is 0 Å².